The number of piperidine rings is 2. The molecule has 1 amide bonds. The largest absolute Gasteiger partial charge is 0.355 e. The van der Waals surface area contributed by atoms with Crippen molar-refractivity contribution in [3.63, 3.8) is 0 Å². The van der Waals surface area contributed by atoms with E-state index in [1.165, 1.54) is 23.6 Å². The van der Waals surface area contributed by atoms with Crippen molar-refractivity contribution >= 4 is 38.7 Å². The number of rotatable bonds is 7. The predicted molar refractivity (Wildman–Crippen MR) is 121 cm³/mol. The second-order valence-electron chi connectivity index (χ2n) is 8.45. The molecule has 0 bridgehead atoms. The molecular formula is C21H31N5O3S2. The Balaban J connectivity index is 1.29. The molecule has 1 N–H and O–H groups in total. The first-order valence-corrected chi connectivity index (χ1v) is 13.4. The molecule has 10 heteroatoms. The maximum Gasteiger partial charge on any atom is 0.245 e. The number of amides is 1. The fourth-order valence-electron chi connectivity index (χ4n) is 4.77. The van der Waals surface area contributed by atoms with Crippen LogP contribution in [0.1, 0.15) is 45.4 Å². The minimum atomic E-state index is -3.65. The average Bonchev–Trinajstić information content (AvgIpc) is 3.28. The number of carbonyl (C=O) groups is 1. The van der Waals surface area contributed by atoms with Crippen LogP contribution in [0, 0.1) is 5.92 Å². The van der Waals surface area contributed by atoms with Crippen LogP contribution >= 0.6 is 11.7 Å². The van der Waals surface area contributed by atoms with E-state index >= 15 is 0 Å². The van der Waals surface area contributed by atoms with Crippen LogP contribution in [0.2, 0.25) is 0 Å². The first kappa shape index (κ1) is 22.6. The lowest BCUT2D eigenvalue weighted by Crippen LogP contribution is -2.46. The number of carbonyl (C=O) groups excluding carboxylic acids is 1. The van der Waals surface area contributed by atoms with Crippen molar-refractivity contribution in [2.75, 3.05) is 32.7 Å². The third-order valence-electron chi connectivity index (χ3n) is 6.61. The Morgan fingerprint density at radius 3 is 2.74 bits per heavy atom. The van der Waals surface area contributed by atoms with Gasteiger partial charge in [0.15, 0.2) is 0 Å². The van der Waals surface area contributed by atoms with Crippen molar-refractivity contribution < 1.29 is 13.2 Å². The number of likely N-dealkylation sites (tertiary alicyclic amines) is 1. The number of sulfonamides is 1. The fraction of sp³-hybridized carbons (Fsp3) is 0.667. The molecule has 0 saturated carbocycles. The number of benzene rings is 1. The van der Waals surface area contributed by atoms with E-state index in [0.29, 0.717) is 49.6 Å². The summed E-state index contributed by atoms with van der Waals surface area (Å²) in [6.45, 7) is 5.59. The van der Waals surface area contributed by atoms with Crippen LogP contribution in [0.15, 0.2) is 23.1 Å². The molecule has 8 nitrogen and oxygen atoms in total. The van der Waals surface area contributed by atoms with E-state index < -0.39 is 10.0 Å². The van der Waals surface area contributed by atoms with E-state index in [0.717, 1.165) is 31.2 Å². The number of fused-ring (bicyclic) bond motifs is 1. The highest BCUT2D eigenvalue weighted by Crippen LogP contribution is 2.28. The van der Waals surface area contributed by atoms with Gasteiger partial charge in [0.25, 0.3) is 0 Å². The Morgan fingerprint density at radius 2 is 1.97 bits per heavy atom. The van der Waals surface area contributed by atoms with Crippen LogP contribution < -0.4 is 5.32 Å². The number of nitrogens with one attached hydrogen (secondary N) is 1. The number of nitrogens with zero attached hydrogens (tertiary/aromatic N) is 4. The first-order valence-electron chi connectivity index (χ1n) is 11.2. The smallest absolute Gasteiger partial charge is 0.245 e. The van der Waals surface area contributed by atoms with Gasteiger partial charge in [-0.3, -0.25) is 9.69 Å². The van der Waals surface area contributed by atoms with E-state index in [-0.39, 0.29) is 16.7 Å². The molecular weight excluding hydrogens is 434 g/mol. The number of hydrogen-bond acceptors (Lipinski definition) is 7. The zero-order chi connectivity index (χ0) is 21.8. The summed E-state index contributed by atoms with van der Waals surface area (Å²) >= 11 is 1.01. The van der Waals surface area contributed by atoms with Gasteiger partial charge in [-0.15, -0.1) is 0 Å². The Labute approximate surface area is 188 Å². The summed E-state index contributed by atoms with van der Waals surface area (Å²) in [5.74, 6) is -0.0839. The summed E-state index contributed by atoms with van der Waals surface area (Å²) in [4.78, 5) is 15.3. The maximum absolute atomic E-state index is 13.1. The van der Waals surface area contributed by atoms with Crippen molar-refractivity contribution in [2.45, 2.75) is 56.4 Å². The van der Waals surface area contributed by atoms with Crippen molar-refractivity contribution in [2.24, 2.45) is 5.92 Å². The SMILES string of the molecule is CC[C@H]1CCCCN1CCNC(=O)C1CCN(S(=O)(=O)c2cccc3nsnc23)CC1. The van der Waals surface area contributed by atoms with Gasteiger partial charge in [-0.2, -0.15) is 13.1 Å². The van der Waals surface area contributed by atoms with Gasteiger partial charge >= 0.3 is 0 Å². The second-order valence-corrected chi connectivity index (χ2v) is 10.9. The number of aromatic nitrogens is 2. The van der Waals surface area contributed by atoms with Crippen LogP contribution in [0.25, 0.3) is 11.0 Å². The van der Waals surface area contributed by atoms with Crippen LogP contribution in [0.5, 0.6) is 0 Å². The molecule has 4 rings (SSSR count). The Morgan fingerprint density at radius 1 is 1.16 bits per heavy atom. The minimum absolute atomic E-state index is 0.0490. The molecule has 1 aromatic carbocycles. The summed E-state index contributed by atoms with van der Waals surface area (Å²) in [6.07, 6.45) is 6.03. The van der Waals surface area contributed by atoms with E-state index in [9.17, 15) is 13.2 Å². The molecule has 31 heavy (non-hydrogen) atoms. The van der Waals surface area contributed by atoms with Gasteiger partial charge in [0, 0.05) is 38.1 Å². The Hall–Kier alpha value is -1.62. The van der Waals surface area contributed by atoms with Crippen molar-refractivity contribution in [3.8, 4) is 0 Å². The first-order chi connectivity index (χ1) is 15.0. The van der Waals surface area contributed by atoms with Gasteiger partial charge < -0.3 is 5.32 Å². The summed E-state index contributed by atoms with van der Waals surface area (Å²) in [6, 6.07) is 5.68. The van der Waals surface area contributed by atoms with Gasteiger partial charge in [-0.05, 0) is 50.8 Å². The van der Waals surface area contributed by atoms with Gasteiger partial charge in [-0.1, -0.05) is 19.4 Å². The van der Waals surface area contributed by atoms with Crippen molar-refractivity contribution in [1.29, 1.82) is 0 Å². The predicted octanol–water partition coefficient (Wildman–Crippen LogP) is 2.47. The molecule has 0 aliphatic carbocycles. The molecule has 2 saturated heterocycles. The Kier molecular flexibility index (Phi) is 7.20. The van der Waals surface area contributed by atoms with Crippen LogP contribution in [0.4, 0.5) is 0 Å². The zero-order valence-corrected chi connectivity index (χ0v) is 19.6. The van der Waals surface area contributed by atoms with Crippen molar-refractivity contribution in [3.05, 3.63) is 18.2 Å². The van der Waals surface area contributed by atoms with E-state index in [1.807, 2.05) is 0 Å². The minimum Gasteiger partial charge on any atom is -0.355 e. The fourth-order valence-corrected chi connectivity index (χ4v) is 6.99. The molecule has 2 aliphatic rings. The maximum atomic E-state index is 13.1. The zero-order valence-electron chi connectivity index (χ0n) is 18.0. The second kappa shape index (κ2) is 9.89. The standard InChI is InChI=1S/C21H31N5O3S2/c1-2-17-6-3-4-12-25(17)15-11-22-21(27)16-9-13-26(14-10-16)31(28,29)19-8-5-7-18-20(19)24-30-23-18/h5,7-8,16-17H,2-4,6,9-15H2,1H3,(H,22,27)/t17-/m0/s1. The summed E-state index contributed by atoms with van der Waals surface area (Å²) < 4.78 is 36.1. The van der Waals surface area contributed by atoms with Gasteiger partial charge in [-0.25, -0.2) is 8.42 Å². The van der Waals surface area contributed by atoms with Crippen molar-refractivity contribution in [1.82, 2.24) is 23.3 Å². The topological polar surface area (TPSA) is 95.5 Å². The van der Waals surface area contributed by atoms with E-state index in [1.54, 1.807) is 18.2 Å². The molecule has 3 heterocycles. The molecule has 0 spiro atoms. The summed E-state index contributed by atoms with van der Waals surface area (Å²) in [7, 11) is -3.65. The lowest BCUT2D eigenvalue weighted by atomic mass is 9.97. The molecule has 1 aromatic heterocycles. The lowest BCUT2D eigenvalue weighted by molar-refractivity contribution is -0.126. The highest BCUT2D eigenvalue weighted by atomic mass is 32.2. The lowest BCUT2D eigenvalue weighted by Gasteiger charge is -2.35. The highest BCUT2D eigenvalue weighted by Gasteiger charge is 2.33. The summed E-state index contributed by atoms with van der Waals surface area (Å²) in [5, 5.41) is 3.08. The van der Waals surface area contributed by atoms with E-state index in [4.69, 9.17) is 0 Å². The Bertz CT molecular complexity index is 1000. The monoisotopic (exact) mass is 465 g/mol. The van der Waals surface area contributed by atoms with Crippen LogP contribution in [-0.2, 0) is 14.8 Å². The van der Waals surface area contributed by atoms with Crippen LogP contribution in [0.3, 0.4) is 0 Å². The molecule has 2 fully saturated rings. The summed E-state index contributed by atoms with van der Waals surface area (Å²) in [5.41, 5.74) is 1.02. The number of hydrogen-bond donors (Lipinski definition) is 1. The molecule has 1 atom stereocenters. The van der Waals surface area contributed by atoms with E-state index in [2.05, 4.69) is 25.9 Å². The van der Waals surface area contributed by atoms with Gasteiger partial charge in [0.1, 0.15) is 15.9 Å². The molecule has 2 aromatic rings. The normalized spacial score (nSPS) is 22.0. The molecule has 0 radical (unpaired) electrons. The molecule has 170 valence electrons. The molecule has 2 aliphatic heterocycles. The third-order valence-corrected chi connectivity index (χ3v) is 9.08. The highest BCUT2D eigenvalue weighted by molar-refractivity contribution is 7.89. The molecule has 0 unspecified atom stereocenters. The quantitative estimate of drug-likeness (QED) is 0.675. The van der Waals surface area contributed by atoms with Crippen LogP contribution in [-0.4, -0.2) is 71.0 Å². The van der Waals surface area contributed by atoms with Gasteiger partial charge in [0.05, 0.1) is 11.7 Å². The van der Waals surface area contributed by atoms with Gasteiger partial charge in [0.2, 0.25) is 15.9 Å². The third kappa shape index (κ3) is 4.92. The average molecular weight is 466 g/mol.